The van der Waals surface area contributed by atoms with Crippen LogP contribution in [0.2, 0.25) is 0 Å². The first-order chi connectivity index (χ1) is 6.86. The summed E-state index contributed by atoms with van der Waals surface area (Å²) in [4.78, 5) is 0. The Morgan fingerprint density at radius 2 is 1.57 bits per heavy atom. The Labute approximate surface area is 84.4 Å². The van der Waals surface area contributed by atoms with Crippen molar-refractivity contribution in [2.45, 2.75) is 18.9 Å². The van der Waals surface area contributed by atoms with Crippen molar-refractivity contribution in [3.8, 4) is 0 Å². The lowest BCUT2D eigenvalue weighted by molar-refractivity contribution is 0.248. The molecule has 0 aromatic heterocycles. The Kier molecular flexibility index (Phi) is 5.04. The minimum absolute atomic E-state index is 0.143. The van der Waals surface area contributed by atoms with Crippen molar-refractivity contribution in [1.29, 1.82) is 0 Å². The van der Waals surface area contributed by atoms with Crippen LogP contribution in [0.3, 0.4) is 0 Å². The number of benzene rings is 1. The molecule has 3 heteroatoms. The maximum atomic E-state index is 8.82. The number of aliphatic hydroxyl groups is 2. The van der Waals surface area contributed by atoms with Gasteiger partial charge in [0.25, 0.3) is 0 Å². The van der Waals surface area contributed by atoms with Crippen molar-refractivity contribution in [2.75, 3.05) is 18.5 Å². The van der Waals surface area contributed by atoms with Gasteiger partial charge in [-0.15, -0.1) is 0 Å². The maximum Gasteiger partial charge on any atom is 0.0450 e. The normalized spacial score (nSPS) is 10.5. The molecule has 0 atom stereocenters. The summed E-state index contributed by atoms with van der Waals surface area (Å²) in [6.45, 7) is 0.287. The van der Waals surface area contributed by atoms with E-state index in [-0.39, 0.29) is 19.3 Å². The van der Waals surface area contributed by atoms with E-state index >= 15 is 0 Å². The lowest BCUT2D eigenvalue weighted by atomic mass is 10.1. The van der Waals surface area contributed by atoms with E-state index in [0.29, 0.717) is 12.8 Å². The Balaban J connectivity index is 2.46. The van der Waals surface area contributed by atoms with Crippen molar-refractivity contribution in [1.82, 2.24) is 0 Å². The van der Waals surface area contributed by atoms with E-state index in [2.05, 4.69) is 5.32 Å². The summed E-state index contributed by atoms with van der Waals surface area (Å²) in [5, 5.41) is 20.9. The van der Waals surface area contributed by atoms with E-state index in [9.17, 15) is 0 Å². The first kappa shape index (κ1) is 11.0. The summed E-state index contributed by atoms with van der Waals surface area (Å²) in [5.41, 5.74) is 1.03. The monoisotopic (exact) mass is 195 g/mol. The molecule has 3 N–H and O–H groups in total. The Morgan fingerprint density at radius 3 is 2.07 bits per heavy atom. The molecule has 0 radical (unpaired) electrons. The van der Waals surface area contributed by atoms with Crippen LogP contribution in [-0.2, 0) is 0 Å². The third-order valence-electron chi connectivity index (χ3n) is 2.10. The SMILES string of the molecule is OCCC(CCO)Nc1ccccc1. The molecule has 1 rings (SSSR count). The van der Waals surface area contributed by atoms with Crippen molar-refractivity contribution >= 4 is 5.69 Å². The molecule has 0 amide bonds. The minimum Gasteiger partial charge on any atom is -0.396 e. The number of hydrogen-bond acceptors (Lipinski definition) is 3. The Hall–Kier alpha value is -1.06. The van der Waals surface area contributed by atoms with Crippen LogP contribution in [-0.4, -0.2) is 29.5 Å². The van der Waals surface area contributed by atoms with Crippen molar-refractivity contribution in [2.24, 2.45) is 0 Å². The van der Waals surface area contributed by atoms with Gasteiger partial charge in [-0.3, -0.25) is 0 Å². The fourth-order valence-electron chi connectivity index (χ4n) is 1.37. The van der Waals surface area contributed by atoms with E-state index in [1.807, 2.05) is 30.3 Å². The summed E-state index contributed by atoms with van der Waals surface area (Å²) in [7, 11) is 0. The second kappa shape index (κ2) is 6.40. The van der Waals surface area contributed by atoms with Gasteiger partial charge in [0, 0.05) is 24.9 Å². The van der Waals surface area contributed by atoms with Crippen LogP contribution in [0.4, 0.5) is 5.69 Å². The van der Waals surface area contributed by atoms with E-state index in [0.717, 1.165) is 5.69 Å². The summed E-state index contributed by atoms with van der Waals surface area (Å²) in [5.74, 6) is 0. The fraction of sp³-hybridized carbons (Fsp3) is 0.455. The van der Waals surface area contributed by atoms with Gasteiger partial charge < -0.3 is 15.5 Å². The highest BCUT2D eigenvalue weighted by molar-refractivity contribution is 5.43. The van der Waals surface area contributed by atoms with E-state index in [1.165, 1.54) is 0 Å². The predicted molar refractivity (Wildman–Crippen MR) is 57.3 cm³/mol. The summed E-state index contributed by atoms with van der Waals surface area (Å²) >= 11 is 0. The number of hydrogen-bond donors (Lipinski definition) is 3. The van der Waals surface area contributed by atoms with Gasteiger partial charge in [0.2, 0.25) is 0 Å². The topological polar surface area (TPSA) is 52.5 Å². The van der Waals surface area contributed by atoms with Crippen LogP contribution in [0.5, 0.6) is 0 Å². The van der Waals surface area contributed by atoms with Gasteiger partial charge in [0.05, 0.1) is 0 Å². The van der Waals surface area contributed by atoms with Crippen LogP contribution >= 0.6 is 0 Å². The number of para-hydroxylation sites is 1. The third kappa shape index (κ3) is 3.77. The first-order valence-electron chi connectivity index (χ1n) is 4.90. The zero-order valence-corrected chi connectivity index (χ0v) is 8.19. The van der Waals surface area contributed by atoms with Crippen molar-refractivity contribution in [3.05, 3.63) is 30.3 Å². The molecule has 1 aromatic carbocycles. The average molecular weight is 195 g/mol. The van der Waals surface area contributed by atoms with Gasteiger partial charge in [-0.2, -0.15) is 0 Å². The summed E-state index contributed by atoms with van der Waals surface area (Å²) in [6, 6.07) is 9.96. The van der Waals surface area contributed by atoms with Crippen LogP contribution in [0.1, 0.15) is 12.8 Å². The fourth-order valence-corrected chi connectivity index (χ4v) is 1.37. The largest absolute Gasteiger partial charge is 0.396 e. The summed E-state index contributed by atoms with van der Waals surface area (Å²) in [6.07, 6.45) is 1.32. The van der Waals surface area contributed by atoms with Gasteiger partial charge in [-0.1, -0.05) is 18.2 Å². The maximum absolute atomic E-state index is 8.82. The van der Waals surface area contributed by atoms with Crippen molar-refractivity contribution < 1.29 is 10.2 Å². The molecule has 0 aliphatic carbocycles. The zero-order valence-electron chi connectivity index (χ0n) is 8.19. The van der Waals surface area contributed by atoms with E-state index in [1.54, 1.807) is 0 Å². The third-order valence-corrected chi connectivity index (χ3v) is 2.10. The van der Waals surface area contributed by atoms with Gasteiger partial charge in [-0.05, 0) is 25.0 Å². The molecule has 0 spiro atoms. The number of anilines is 1. The first-order valence-corrected chi connectivity index (χ1v) is 4.90. The highest BCUT2D eigenvalue weighted by atomic mass is 16.3. The second-order valence-corrected chi connectivity index (χ2v) is 3.23. The standard InChI is InChI=1S/C11H17NO2/c13-8-6-11(7-9-14)12-10-4-2-1-3-5-10/h1-5,11-14H,6-9H2. The number of nitrogens with one attached hydrogen (secondary N) is 1. The van der Waals surface area contributed by atoms with Gasteiger partial charge in [-0.25, -0.2) is 0 Å². The quantitative estimate of drug-likeness (QED) is 0.640. The highest BCUT2D eigenvalue weighted by Crippen LogP contribution is 2.10. The smallest absolute Gasteiger partial charge is 0.0450 e. The molecule has 14 heavy (non-hydrogen) atoms. The second-order valence-electron chi connectivity index (χ2n) is 3.23. The van der Waals surface area contributed by atoms with Crippen molar-refractivity contribution in [3.63, 3.8) is 0 Å². The zero-order chi connectivity index (χ0) is 10.2. The van der Waals surface area contributed by atoms with Gasteiger partial charge >= 0.3 is 0 Å². The Bertz CT molecular complexity index is 232. The molecule has 1 aromatic rings. The number of rotatable bonds is 6. The Morgan fingerprint density at radius 1 is 1.00 bits per heavy atom. The average Bonchev–Trinajstić information content (AvgIpc) is 2.20. The molecule has 0 fully saturated rings. The lowest BCUT2D eigenvalue weighted by Crippen LogP contribution is -2.22. The molecule has 0 heterocycles. The van der Waals surface area contributed by atoms with Gasteiger partial charge in [0.1, 0.15) is 0 Å². The van der Waals surface area contributed by atoms with E-state index in [4.69, 9.17) is 10.2 Å². The summed E-state index contributed by atoms with van der Waals surface area (Å²) < 4.78 is 0. The number of aliphatic hydroxyl groups excluding tert-OH is 2. The molecule has 78 valence electrons. The molecular weight excluding hydrogens is 178 g/mol. The molecule has 3 nitrogen and oxygen atoms in total. The van der Waals surface area contributed by atoms with E-state index < -0.39 is 0 Å². The lowest BCUT2D eigenvalue weighted by Gasteiger charge is -2.17. The van der Waals surface area contributed by atoms with Gasteiger partial charge in [0.15, 0.2) is 0 Å². The highest BCUT2D eigenvalue weighted by Gasteiger charge is 2.06. The van der Waals surface area contributed by atoms with Crippen LogP contribution in [0, 0.1) is 0 Å². The predicted octanol–water partition coefficient (Wildman–Crippen LogP) is 1.23. The molecule has 0 saturated carbocycles. The molecule has 0 aliphatic rings. The minimum atomic E-state index is 0.143. The molecule has 0 aliphatic heterocycles. The van der Waals surface area contributed by atoms with Crippen LogP contribution in [0.25, 0.3) is 0 Å². The van der Waals surface area contributed by atoms with Crippen LogP contribution in [0.15, 0.2) is 30.3 Å². The molecule has 0 unspecified atom stereocenters. The molecule has 0 saturated heterocycles. The molecular formula is C11H17NO2. The van der Waals surface area contributed by atoms with Crippen LogP contribution < -0.4 is 5.32 Å². The molecule has 0 bridgehead atoms.